The van der Waals surface area contributed by atoms with E-state index >= 15 is 0 Å². The maximum absolute atomic E-state index is 13.2. The summed E-state index contributed by atoms with van der Waals surface area (Å²) in [5.74, 6) is 1.71. The third-order valence-corrected chi connectivity index (χ3v) is 14.1. The van der Waals surface area contributed by atoms with Crippen LogP contribution < -0.4 is 0 Å². The quantitative estimate of drug-likeness (QED) is 0.429. The summed E-state index contributed by atoms with van der Waals surface area (Å²) in [5.41, 5.74) is 1.88. The highest BCUT2D eigenvalue weighted by molar-refractivity contribution is 8.20. The minimum Gasteiger partial charge on any atom is -0.435 e. The van der Waals surface area contributed by atoms with Gasteiger partial charge in [-0.15, -0.1) is 0 Å². The number of pyridine rings is 1. The first-order valence-electron chi connectivity index (χ1n) is 11.7. The highest BCUT2D eigenvalue weighted by Crippen LogP contribution is 2.83. The van der Waals surface area contributed by atoms with Gasteiger partial charge in [0.25, 0.3) is 0 Å². The Labute approximate surface area is 191 Å². The molecule has 1 aromatic heterocycles. The SMILES string of the molecule is CC1=C(c2ccccn2)P2(=S)CC1(C)C1C2C(=O)O[C@H]1OC1CC[C@H](C)C[C@H]1C(C)C. The van der Waals surface area contributed by atoms with Crippen LogP contribution in [0.1, 0.15) is 59.6 Å². The first-order valence-corrected chi connectivity index (χ1v) is 14.8. The van der Waals surface area contributed by atoms with Crippen LogP contribution in [0, 0.1) is 29.1 Å². The number of esters is 1. The van der Waals surface area contributed by atoms with Gasteiger partial charge in [0.05, 0.1) is 17.5 Å². The van der Waals surface area contributed by atoms with Crippen LogP contribution in [0.2, 0.25) is 0 Å². The second kappa shape index (κ2) is 7.50. The normalized spacial score (nSPS) is 44.1. The molecule has 1 saturated carbocycles. The van der Waals surface area contributed by atoms with Gasteiger partial charge in [-0.05, 0) is 62.2 Å². The van der Waals surface area contributed by atoms with Gasteiger partial charge < -0.3 is 9.47 Å². The minimum absolute atomic E-state index is 0.0328. The lowest BCUT2D eigenvalue weighted by molar-refractivity contribution is -0.201. The number of aromatic nitrogens is 1. The van der Waals surface area contributed by atoms with Crippen molar-refractivity contribution >= 4 is 29.1 Å². The van der Waals surface area contributed by atoms with E-state index in [4.69, 9.17) is 21.3 Å². The third-order valence-electron chi connectivity index (χ3n) is 8.61. The number of allylic oxidation sites excluding steroid dienone is 1. The molecule has 3 aliphatic heterocycles. The van der Waals surface area contributed by atoms with E-state index < -0.39 is 12.3 Å². The van der Waals surface area contributed by atoms with E-state index in [1.54, 1.807) is 0 Å². The molecule has 4 aliphatic rings. The van der Waals surface area contributed by atoms with Gasteiger partial charge in [0.2, 0.25) is 6.29 Å². The van der Waals surface area contributed by atoms with E-state index in [9.17, 15) is 4.79 Å². The second-order valence-corrected chi connectivity index (χ2v) is 15.7. The lowest BCUT2D eigenvalue weighted by Crippen LogP contribution is -2.43. The van der Waals surface area contributed by atoms with E-state index in [1.807, 2.05) is 24.4 Å². The van der Waals surface area contributed by atoms with Crippen molar-refractivity contribution in [2.24, 2.45) is 29.1 Å². The Hall–Kier alpha value is -1.03. The van der Waals surface area contributed by atoms with Gasteiger partial charge in [0.15, 0.2) is 0 Å². The van der Waals surface area contributed by atoms with Crippen LogP contribution in [-0.4, -0.2) is 35.2 Å². The molecule has 5 rings (SSSR count). The summed E-state index contributed by atoms with van der Waals surface area (Å²) >= 11 is 6.37. The molecule has 0 N–H and O–H groups in total. The van der Waals surface area contributed by atoms with Gasteiger partial charge >= 0.3 is 5.97 Å². The molecule has 4 nitrogen and oxygen atoms in total. The summed E-state index contributed by atoms with van der Waals surface area (Å²) < 4.78 is 12.7. The monoisotopic (exact) mass is 459 g/mol. The molecule has 0 spiro atoms. The largest absolute Gasteiger partial charge is 0.435 e. The highest BCUT2D eigenvalue weighted by Gasteiger charge is 2.71. The average Bonchev–Trinajstić information content (AvgIpc) is 3.26. The van der Waals surface area contributed by atoms with Crippen LogP contribution in [-0.2, 0) is 26.1 Å². The zero-order valence-corrected chi connectivity index (χ0v) is 20.9. The standard InChI is InChI=1S/C25H34NO3PS/c1-14(2)17-12-15(3)9-10-19(17)28-24-20-22(23(27)29-24)30(31)13-25(20,5)16(4)21(30)18-8-6-7-11-26-18/h6-8,11,14-15,17,19-20,22,24H,9-10,12-13H2,1-5H3/t15-,17-,19?,20?,22?,24+,25?,30?/m0/s1. The van der Waals surface area contributed by atoms with E-state index in [0.29, 0.717) is 11.8 Å². The Balaban J connectivity index is 1.49. The Kier molecular flexibility index (Phi) is 5.27. The molecule has 2 bridgehead atoms. The number of carbonyl (C=O) groups is 1. The summed E-state index contributed by atoms with van der Waals surface area (Å²) in [5, 5.41) is 1.18. The van der Waals surface area contributed by atoms with Crippen LogP contribution in [0.25, 0.3) is 5.31 Å². The molecule has 6 heteroatoms. The Morgan fingerprint density at radius 1 is 1.32 bits per heavy atom. The number of rotatable bonds is 4. The molecule has 0 aromatic carbocycles. The first-order chi connectivity index (χ1) is 14.7. The van der Waals surface area contributed by atoms with Crippen molar-refractivity contribution in [3.05, 3.63) is 35.7 Å². The van der Waals surface area contributed by atoms with Crippen LogP contribution in [0.15, 0.2) is 30.0 Å². The van der Waals surface area contributed by atoms with Gasteiger partial charge in [-0.2, -0.15) is 0 Å². The van der Waals surface area contributed by atoms with Gasteiger partial charge in [0.1, 0.15) is 0 Å². The molecule has 5 unspecified atom stereocenters. The molecule has 1 aliphatic carbocycles. The Morgan fingerprint density at radius 3 is 2.77 bits per heavy atom. The molecule has 8 atom stereocenters. The molecule has 168 valence electrons. The predicted octanol–water partition coefficient (Wildman–Crippen LogP) is 5.67. The summed E-state index contributed by atoms with van der Waals surface area (Å²) in [7, 11) is 0. The molecule has 0 amide bonds. The fraction of sp³-hybridized carbons (Fsp3) is 0.680. The molecule has 1 aromatic rings. The van der Waals surface area contributed by atoms with E-state index in [2.05, 4.69) is 39.6 Å². The van der Waals surface area contributed by atoms with Crippen molar-refractivity contribution in [3.63, 3.8) is 0 Å². The van der Waals surface area contributed by atoms with Crippen molar-refractivity contribution < 1.29 is 14.3 Å². The van der Waals surface area contributed by atoms with Crippen LogP contribution in [0.3, 0.4) is 0 Å². The topological polar surface area (TPSA) is 48.4 Å². The Morgan fingerprint density at radius 2 is 2.10 bits per heavy atom. The number of hydrogen-bond donors (Lipinski definition) is 0. The maximum Gasteiger partial charge on any atom is 0.317 e. The lowest BCUT2D eigenvalue weighted by atomic mass is 9.71. The molecular formula is C25H34NO3PS. The average molecular weight is 460 g/mol. The minimum atomic E-state index is -2.13. The molecule has 31 heavy (non-hydrogen) atoms. The zero-order valence-electron chi connectivity index (χ0n) is 19.2. The van der Waals surface area contributed by atoms with Crippen molar-refractivity contribution in [1.82, 2.24) is 4.98 Å². The number of nitrogens with zero attached hydrogens (tertiary/aromatic N) is 1. The molecule has 3 fully saturated rings. The summed E-state index contributed by atoms with van der Waals surface area (Å²) in [4.78, 5) is 17.8. The smallest absolute Gasteiger partial charge is 0.317 e. The lowest BCUT2D eigenvalue weighted by Gasteiger charge is -2.41. The highest BCUT2D eigenvalue weighted by atomic mass is 32.4. The number of cyclic esters (lactones) is 1. The third kappa shape index (κ3) is 3.14. The molecule has 2 saturated heterocycles. The van der Waals surface area contributed by atoms with Crippen LogP contribution in [0.5, 0.6) is 0 Å². The first kappa shape index (κ1) is 21.8. The van der Waals surface area contributed by atoms with Crippen molar-refractivity contribution in [1.29, 1.82) is 0 Å². The fourth-order valence-corrected chi connectivity index (χ4v) is 13.8. The second-order valence-electron chi connectivity index (χ2n) is 10.8. The summed E-state index contributed by atoms with van der Waals surface area (Å²) in [6, 6.07) is 3.84. The van der Waals surface area contributed by atoms with Crippen molar-refractivity contribution in [2.75, 3.05) is 6.16 Å². The number of hydrogen-bond acceptors (Lipinski definition) is 5. The summed E-state index contributed by atoms with van der Waals surface area (Å²) in [6.45, 7) is 11.4. The van der Waals surface area contributed by atoms with E-state index in [-0.39, 0.29) is 29.1 Å². The maximum atomic E-state index is 13.2. The number of fused-ring (bicyclic) bond motifs is 5. The van der Waals surface area contributed by atoms with E-state index in [0.717, 1.165) is 24.2 Å². The molecule has 4 heterocycles. The van der Waals surface area contributed by atoms with Crippen molar-refractivity contribution in [3.8, 4) is 0 Å². The number of ether oxygens (including phenoxy) is 2. The molecule has 0 radical (unpaired) electrons. The zero-order chi connectivity index (χ0) is 22.1. The van der Waals surface area contributed by atoms with Gasteiger partial charge in [0, 0.05) is 28.9 Å². The Bertz CT molecular complexity index is 976. The van der Waals surface area contributed by atoms with Gasteiger partial charge in [-0.25, -0.2) is 0 Å². The molecular weight excluding hydrogens is 425 g/mol. The summed E-state index contributed by atoms with van der Waals surface area (Å²) in [6.07, 6.45) is 5.83. The van der Waals surface area contributed by atoms with Crippen LogP contribution >= 0.6 is 6.04 Å². The van der Waals surface area contributed by atoms with Crippen LogP contribution in [0.4, 0.5) is 0 Å². The number of carbonyl (C=O) groups excluding carboxylic acids is 1. The van der Waals surface area contributed by atoms with Crippen molar-refractivity contribution in [2.45, 2.75) is 71.9 Å². The fourth-order valence-electron chi connectivity index (χ4n) is 6.91. The van der Waals surface area contributed by atoms with Gasteiger partial charge in [-0.1, -0.05) is 51.1 Å². The van der Waals surface area contributed by atoms with Gasteiger partial charge in [-0.3, -0.25) is 9.78 Å². The predicted molar refractivity (Wildman–Crippen MR) is 127 cm³/mol. The van der Waals surface area contributed by atoms with E-state index in [1.165, 1.54) is 23.7 Å².